The van der Waals surface area contributed by atoms with E-state index in [1.54, 1.807) is 10.9 Å². The SMILES string of the molecule is CCn1ccc(NC(=O)c2cc(NC(=O)C3CCCO3)cc(C(F)(F)F)c2)n1. The zero-order valence-corrected chi connectivity index (χ0v) is 15.0. The largest absolute Gasteiger partial charge is 0.416 e. The first kappa shape index (κ1) is 19.9. The van der Waals surface area contributed by atoms with Gasteiger partial charge >= 0.3 is 6.18 Å². The van der Waals surface area contributed by atoms with Crippen molar-refractivity contribution in [2.24, 2.45) is 0 Å². The van der Waals surface area contributed by atoms with Crippen LogP contribution in [0.3, 0.4) is 0 Å². The van der Waals surface area contributed by atoms with E-state index < -0.39 is 29.7 Å². The van der Waals surface area contributed by atoms with E-state index in [1.165, 1.54) is 12.1 Å². The molecule has 2 heterocycles. The van der Waals surface area contributed by atoms with Gasteiger partial charge in [0, 0.05) is 36.7 Å². The fraction of sp³-hybridized carbons (Fsp3) is 0.389. The van der Waals surface area contributed by atoms with Crippen LogP contribution in [0.15, 0.2) is 30.5 Å². The van der Waals surface area contributed by atoms with Crippen LogP contribution in [-0.4, -0.2) is 34.3 Å². The average Bonchev–Trinajstić information content (AvgIpc) is 3.32. The summed E-state index contributed by atoms with van der Waals surface area (Å²) in [5.41, 5.74) is -1.41. The molecular formula is C18H19F3N4O3. The molecule has 0 saturated carbocycles. The van der Waals surface area contributed by atoms with E-state index in [9.17, 15) is 22.8 Å². The summed E-state index contributed by atoms with van der Waals surface area (Å²) >= 11 is 0. The predicted molar refractivity (Wildman–Crippen MR) is 94.9 cm³/mol. The molecule has 1 aromatic heterocycles. The molecular weight excluding hydrogens is 377 g/mol. The second-order valence-electron chi connectivity index (χ2n) is 6.30. The third-order valence-electron chi connectivity index (χ3n) is 4.22. The number of amides is 2. The smallest absolute Gasteiger partial charge is 0.368 e. The Hall–Kier alpha value is -2.88. The van der Waals surface area contributed by atoms with Gasteiger partial charge in [-0.2, -0.15) is 18.3 Å². The van der Waals surface area contributed by atoms with Gasteiger partial charge in [0.1, 0.15) is 6.10 Å². The lowest BCUT2D eigenvalue weighted by atomic mass is 10.1. The molecule has 2 aromatic rings. The summed E-state index contributed by atoms with van der Waals surface area (Å²) in [7, 11) is 0. The number of nitrogens with one attached hydrogen (secondary N) is 2. The topological polar surface area (TPSA) is 85.2 Å². The van der Waals surface area contributed by atoms with E-state index in [1.807, 2.05) is 6.92 Å². The Morgan fingerprint density at radius 3 is 2.68 bits per heavy atom. The van der Waals surface area contributed by atoms with E-state index in [4.69, 9.17) is 4.74 Å². The number of hydrogen-bond acceptors (Lipinski definition) is 4. The van der Waals surface area contributed by atoms with Crippen LogP contribution in [0, 0.1) is 0 Å². The Labute approximate surface area is 158 Å². The van der Waals surface area contributed by atoms with Crippen LogP contribution in [0.1, 0.15) is 35.7 Å². The van der Waals surface area contributed by atoms with Gasteiger partial charge in [0.25, 0.3) is 11.8 Å². The Kier molecular flexibility index (Phi) is 5.68. The highest BCUT2D eigenvalue weighted by atomic mass is 19.4. The minimum Gasteiger partial charge on any atom is -0.368 e. The molecule has 0 bridgehead atoms. The predicted octanol–water partition coefficient (Wildman–Crippen LogP) is 3.29. The number of ether oxygens (including phenoxy) is 1. The average molecular weight is 396 g/mol. The molecule has 3 rings (SSSR count). The summed E-state index contributed by atoms with van der Waals surface area (Å²) in [4.78, 5) is 24.6. The number of alkyl halides is 3. The second kappa shape index (κ2) is 8.01. The molecule has 1 aromatic carbocycles. The van der Waals surface area contributed by atoms with E-state index >= 15 is 0 Å². The molecule has 1 saturated heterocycles. The Bertz CT molecular complexity index is 873. The monoisotopic (exact) mass is 396 g/mol. The molecule has 1 unspecified atom stereocenters. The lowest BCUT2D eigenvalue weighted by Crippen LogP contribution is -2.27. The lowest BCUT2D eigenvalue weighted by molar-refractivity contribution is -0.137. The van der Waals surface area contributed by atoms with Gasteiger partial charge in [-0.25, -0.2) is 0 Å². The standard InChI is InChI=1S/C18H19F3N4O3/c1-2-25-6-5-15(24-25)23-16(26)11-8-12(18(19,20)21)10-13(9-11)22-17(27)14-4-3-7-28-14/h5-6,8-10,14H,2-4,7H2,1H3,(H,22,27)(H,23,24,26). The molecule has 0 radical (unpaired) electrons. The second-order valence-corrected chi connectivity index (χ2v) is 6.30. The van der Waals surface area contributed by atoms with Gasteiger partial charge in [0.05, 0.1) is 5.56 Å². The fourth-order valence-electron chi connectivity index (χ4n) is 2.79. The van der Waals surface area contributed by atoms with Crippen LogP contribution in [-0.2, 0) is 22.3 Å². The molecule has 7 nitrogen and oxygen atoms in total. The maximum Gasteiger partial charge on any atom is 0.416 e. The number of hydrogen-bond donors (Lipinski definition) is 2. The van der Waals surface area contributed by atoms with E-state index in [-0.39, 0.29) is 17.1 Å². The summed E-state index contributed by atoms with van der Waals surface area (Å²) in [6.45, 7) is 2.87. The van der Waals surface area contributed by atoms with Crippen molar-refractivity contribution in [2.75, 3.05) is 17.2 Å². The molecule has 2 N–H and O–H groups in total. The van der Waals surface area contributed by atoms with E-state index in [0.717, 1.165) is 12.1 Å². The lowest BCUT2D eigenvalue weighted by Gasteiger charge is -2.14. The molecule has 150 valence electrons. The van der Waals surface area contributed by atoms with Crippen LogP contribution in [0.4, 0.5) is 24.7 Å². The van der Waals surface area contributed by atoms with Gasteiger partial charge in [-0.15, -0.1) is 0 Å². The molecule has 0 spiro atoms. The van der Waals surface area contributed by atoms with Gasteiger partial charge < -0.3 is 15.4 Å². The van der Waals surface area contributed by atoms with Crippen molar-refractivity contribution in [3.63, 3.8) is 0 Å². The fourth-order valence-corrected chi connectivity index (χ4v) is 2.79. The molecule has 1 atom stereocenters. The summed E-state index contributed by atoms with van der Waals surface area (Å²) < 4.78 is 46.5. The molecule has 1 aliphatic heterocycles. The number of rotatable bonds is 5. The summed E-state index contributed by atoms with van der Waals surface area (Å²) in [6.07, 6.45) is -2.54. The van der Waals surface area contributed by atoms with Gasteiger partial charge in [-0.05, 0) is 38.0 Å². The number of halogens is 3. The van der Waals surface area contributed by atoms with Crippen LogP contribution in [0.2, 0.25) is 0 Å². The first-order valence-electron chi connectivity index (χ1n) is 8.76. The van der Waals surface area contributed by atoms with Crippen LogP contribution in [0.5, 0.6) is 0 Å². The van der Waals surface area contributed by atoms with Gasteiger partial charge in [-0.1, -0.05) is 0 Å². The number of aromatic nitrogens is 2. The Morgan fingerprint density at radius 1 is 1.29 bits per heavy atom. The summed E-state index contributed by atoms with van der Waals surface area (Å²) in [6, 6.07) is 4.24. The normalized spacial score (nSPS) is 16.8. The van der Waals surface area contributed by atoms with Crippen LogP contribution < -0.4 is 10.6 Å². The molecule has 1 aliphatic rings. The number of carbonyl (C=O) groups is 2. The Balaban J connectivity index is 1.84. The summed E-state index contributed by atoms with van der Waals surface area (Å²) in [5.74, 6) is -1.08. The van der Waals surface area contributed by atoms with Crippen LogP contribution in [0.25, 0.3) is 0 Å². The first-order chi connectivity index (χ1) is 13.3. The third-order valence-corrected chi connectivity index (χ3v) is 4.22. The number of aryl methyl sites for hydroxylation is 1. The molecule has 10 heteroatoms. The minimum atomic E-state index is -4.68. The molecule has 2 amide bonds. The molecule has 28 heavy (non-hydrogen) atoms. The minimum absolute atomic E-state index is 0.125. The van der Waals surface area contributed by atoms with Crippen molar-refractivity contribution in [3.8, 4) is 0 Å². The van der Waals surface area contributed by atoms with Crippen LogP contribution >= 0.6 is 0 Å². The Morgan fingerprint density at radius 2 is 2.07 bits per heavy atom. The summed E-state index contributed by atoms with van der Waals surface area (Å²) in [5, 5.41) is 8.92. The van der Waals surface area contributed by atoms with Crippen molar-refractivity contribution in [1.29, 1.82) is 0 Å². The first-order valence-corrected chi connectivity index (χ1v) is 8.76. The highest BCUT2D eigenvalue weighted by Gasteiger charge is 2.32. The van der Waals surface area contributed by atoms with Gasteiger partial charge in [0.2, 0.25) is 0 Å². The third kappa shape index (κ3) is 4.69. The van der Waals surface area contributed by atoms with Crippen molar-refractivity contribution in [2.45, 2.75) is 38.6 Å². The molecule has 0 aliphatic carbocycles. The van der Waals surface area contributed by atoms with E-state index in [0.29, 0.717) is 26.0 Å². The van der Waals surface area contributed by atoms with Gasteiger partial charge in [-0.3, -0.25) is 14.3 Å². The zero-order chi connectivity index (χ0) is 20.3. The van der Waals surface area contributed by atoms with Crippen molar-refractivity contribution >= 4 is 23.3 Å². The maximum atomic E-state index is 13.2. The van der Waals surface area contributed by atoms with Crippen molar-refractivity contribution in [3.05, 3.63) is 41.6 Å². The van der Waals surface area contributed by atoms with Gasteiger partial charge in [0.15, 0.2) is 5.82 Å². The maximum absolute atomic E-state index is 13.2. The van der Waals surface area contributed by atoms with Crippen molar-refractivity contribution < 1.29 is 27.5 Å². The number of carbonyl (C=O) groups excluding carboxylic acids is 2. The quantitative estimate of drug-likeness (QED) is 0.812. The zero-order valence-electron chi connectivity index (χ0n) is 15.0. The number of benzene rings is 1. The highest BCUT2D eigenvalue weighted by molar-refractivity contribution is 6.05. The van der Waals surface area contributed by atoms with Crippen molar-refractivity contribution in [1.82, 2.24) is 9.78 Å². The number of nitrogens with zero attached hydrogens (tertiary/aromatic N) is 2. The number of anilines is 2. The highest BCUT2D eigenvalue weighted by Crippen LogP contribution is 2.32. The van der Waals surface area contributed by atoms with E-state index in [2.05, 4.69) is 15.7 Å². The molecule has 1 fully saturated rings.